The second-order valence-electron chi connectivity index (χ2n) is 11.6. The largest absolute Gasteiger partial charge is 0.192 e. The van der Waals surface area contributed by atoms with Gasteiger partial charge in [-0.25, -0.2) is 0 Å². The van der Waals surface area contributed by atoms with Crippen molar-refractivity contribution in [1.82, 2.24) is 0 Å². The molecule has 0 heterocycles. The van der Waals surface area contributed by atoms with E-state index in [-0.39, 0.29) is 21.7 Å². The van der Waals surface area contributed by atoms with Crippen molar-refractivity contribution in [1.29, 1.82) is 10.5 Å². The van der Waals surface area contributed by atoms with Crippen LogP contribution in [0.1, 0.15) is 68.2 Å². The molecule has 4 aliphatic carbocycles. The Balaban J connectivity index is 2.16. The maximum atomic E-state index is 10.2. The highest BCUT2D eigenvalue weighted by Gasteiger charge is 2.60. The van der Waals surface area contributed by atoms with E-state index in [0.29, 0.717) is 11.1 Å². The molecule has 4 aliphatic rings. The molecule has 0 spiro atoms. The molecule has 0 radical (unpaired) electrons. The van der Waals surface area contributed by atoms with Gasteiger partial charge < -0.3 is 0 Å². The highest BCUT2D eigenvalue weighted by molar-refractivity contribution is 5.74. The lowest BCUT2D eigenvalue weighted by Crippen LogP contribution is -2.50. The van der Waals surface area contributed by atoms with E-state index in [9.17, 15) is 10.5 Å². The Morgan fingerprint density at radius 3 is 1.27 bits per heavy atom. The molecule has 1 fully saturated rings. The maximum Gasteiger partial charge on any atom is 0.101 e. The van der Waals surface area contributed by atoms with Gasteiger partial charge in [0.25, 0.3) is 0 Å². The van der Waals surface area contributed by atoms with Crippen LogP contribution in [0.4, 0.5) is 0 Å². The molecule has 4 rings (SSSR count). The molecular formula is C28H32N2. The van der Waals surface area contributed by atoms with Crippen molar-refractivity contribution in [3.05, 3.63) is 68.9 Å². The SMILES string of the molecule is CC(C)(C)C1=CC2=C(C#N)C(C#N)=C3C=C(C(C)(C)C)C=C4CCC(=C1)C2(C)C43C. The van der Waals surface area contributed by atoms with Gasteiger partial charge in [0.05, 0.1) is 11.1 Å². The highest BCUT2D eigenvalue weighted by Crippen LogP contribution is 2.69. The fourth-order valence-corrected chi connectivity index (χ4v) is 5.80. The minimum absolute atomic E-state index is 0.0123. The Hall–Kier alpha value is -2.58. The van der Waals surface area contributed by atoms with E-state index in [0.717, 1.165) is 24.0 Å². The first-order valence-corrected chi connectivity index (χ1v) is 11.0. The summed E-state index contributed by atoms with van der Waals surface area (Å²) in [4.78, 5) is 0. The molecule has 0 aromatic heterocycles. The van der Waals surface area contributed by atoms with E-state index < -0.39 is 0 Å². The van der Waals surface area contributed by atoms with Gasteiger partial charge in [-0.15, -0.1) is 0 Å². The molecule has 2 atom stereocenters. The molecule has 2 heteroatoms. The van der Waals surface area contributed by atoms with Crippen molar-refractivity contribution in [3.63, 3.8) is 0 Å². The van der Waals surface area contributed by atoms with E-state index >= 15 is 0 Å². The van der Waals surface area contributed by atoms with Crippen molar-refractivity contribution in [2.45, 2.75) is 68.2 Å². The molecule has 1 saturated carbocycles. The quantitative estimate of drug-likeness (QED) is 0.432. The lowest BCUT2D eigenvalue weighted by Gasteiger charge is -2.59. The van der Waals surface area contributed by atoms with Crippen molar-refractivity contribution in [2.24, 2.45) is 21.7 Å². The van der Waals surface area contributed by atoms with Crippen molar-refractivity contribution in [2.75, 3.05) is 0 Å². The fourth-order valence-electron chi connectivity index (χ4n) is 5.80. The molecule has 154 valence electrons. The van der Waals surface area contributed by atoms with E-state index in [1.54, 1.807) is 0 Å². The zero-order chi connectivity index (χ0) is 22.3. The fraction of sp³-hybridized carbons (Fsp3) is 0.500. The number of rotatable bonds is 0. The molecule has 0 saturated heterocycles. The summed E-state index contributed by atoms with van der Waals surface area (Å²) in [5.74, 6) is 0. The van der Waals surface area contributed by atoms with Gasteiger partial charge in [-0.2, -0.15) is 10.5 Å². The summed E-state index contributed by atoms with van der Waals surface area (Å²) in [6.07, 6.45) is 11.2. The maximum absolute atomic E-state index is 10.2. The smallest absolute Gasteiger partial charge is 0.101 e. The van der Waals surface area contributed by atoms with Crippen LogP contribution in [-0.2, 0) is 0 Å². The van der Waals surface area contributed by atoms with Gasteiger partial charge >= 0.3 is 0 Å². The van der Waals surface area contributed by atoms with Gasteiger partial charge in [0, 0.05) is 10.8 Å². The first-order chi connectivity index (χ1) is 13.8. The van der Waals surface area contributed by atoms with Crippen LogP contribution < -0.4 is 0 Å². The number of hydrogen-bond acceptors (Lipinski definition) is 2. The normalized spacial score (nSPS) is 30.5. The molecule has 0 N–H and O–H groups in total. The van der Waals surface area contributed by atoms with Gasteiger partial charge in [0.2, 0.25) is 0 Å². The van der Waals surface area contributed by atoms with Crippen molar-refractivity contribution in [3.8, 4) is 12.1 Å². The van der Waals surface area contributed by atoms with Gasteiger partial charge in [0.1, 0.15) is 12.1 Å². The summed E-state index contributed by atoms with van der Waals surface area (Å²) in [6, 6.07) is 4.89. The Kier molecular flexibility index (Phi) is 4.12. The van der Waals surface area contributed by atoms with Crippen LogP contribution >= 0.6 is 0 Å². The predicted octanol–water partition coefficient (Wildman–Crippen LogP) is 7.27. The van der Waals surface area contributed by atoms with E-state index in [1.807, 2.05) is 0 Å². The third kappa shape index (κ3) is 2.40. The summed E-state index contributed by atoms with van der Waals surface area (Å²) in [5, 5.41) is 20.5. The van der Waals surface area contributed by atoms with Gasteiger partial charge in [-0.05, 0) is 46.0 Å². The van der Waals surface area contributed by atoms with Crippen LogP contribution in [0.3, 0.4) is 0 Å². The van der Waals surface area contributed by atoms with Gasteiger partial charge in [-0.1, -0.05) is 90.8 Å². The molecule has 2 nitrogen and oxygen atoms in total. The Labute approximate surface area is 181 Å². The second kappa shape index (κ2) is 5.98. The monoisotopic (exact) mass is 396 g/mol. The van der Waals surface area contributed by atoms with E-state index in [2.05, 4.69) is 91.8 Å². The molecule has 2 unspecified atom stereocenters. The second-order valence-corrected chi connectivity index (χ2v) is 11.6. The van der Waals surface area contributed by atoms with Crippen LogP contribution in [0.15, 0.2) is 68.9 Å². The number of hydrogen-bond donors (Lipinski definition) is 0. The average Bonchev–Trinajstić information content (AvgIpc) is 2.63. The summed E-state index contributed by atoms with van der Waals surface area (Å²) in [6.45, 7) is 17.9. The first-order valence-electron chi connectivity index (χ1n) is 11.0. The van der Waals surface area contributed by atoms with Crippen LogP contribution in [-0.4, -0.2) is 0 Å². The minimum atomic E-state index is -0.299. The average molecular weight is 397 g/mol. The first kappa shape index (κ1) is 20.7. The van der Waals surface area contributed by atoms with Crippen LogP contribution in [0.5, 0.6) is 0 Å². The zero-order valence-electron chi connectivity index (χ0n) is 19.6. The standard InChI is InChI=1S/C28H32N2/c1-25(2,3)19-11-17-9-10-18-12-20(26(4,5)6)14-24-22(16-30)21(15-29)23(13-19)27(17,7)28(18,24)8/h11-14H,9-10H2,1-8H3. The van der Waals surface area contributed by atoms with Crippen LogP contribution in [0.25, 0.3) is 0 Å². The highest BCUT2D eigenvalue weighted by atomic mass is 14.6. The number of nitriles is 2. The van der Waals surface area contributed by atoms with Gasteiger partial charge in [0.15, 0.2) is 0 Å². The van der Waals surface area contributed by atoms with Crippen LogP contribution in [0, 0.1) is 44.3 Å². The molecular weight excluding hydrogens is 364 g/mol. The zero-order valence-corrected chi connectivity index (χ0v) is 19.6. The number of allylic oxidation sites excluding steroid dienone is 12. The number of nitrogens with zero attached hydrogens (tertiary/aromatic N) is 2. The Bertz CT molecular complexity index is 1040. The lowest BCUT2D eigenvalue weighted by molar-refractivity contribution is 0.204. The lowest BCUT2D eigenvalue weighted by atomic mass is 9.42. The molecule has 30 heavy (non-hydrogen) atoms. The van der Waals surface area contributed by atoms with E-state index in [4.69, 9.17) is 0 Å². The summed E-state index contributed by atoms with van der Waals surface area (Å²) in [5.41, 5.74) is 7.87. The van der Waals surface area contributed by atoms with Crippen LogP contribution in [0.2, 0.25) is 0 Å². The summed E-state index contributed by atoms with van der Waals surface area (Å²) >= 11 is 0. The van der Waals surface area contributed by atoms with E-state index in [1.165, 1.54) is 22.3 Å². The molecule has 0 aromatic rings. The summed E-state index contributed by atoms with van der Waals surface area (Å²) in [7, 11) is 0. The predicted molar refractivity (Wildman–Crippen MR) is 122 cm³/mol. The molecule has 0 amide bonds. The summed E-state index contributed by atoms with van der Waals surface area (Å²) < 4.78 is 0. The third-order valence-corrected chi connectivity index (χ3v) is 8.03. The molecule has 0 aromatic carbocycles. The Morgan fingerprint density at radius 1 is 0.667 bits per heavy atom. The van der Waals surface area contributed by atoms with Crippen molar-refractivity contribution >= 4 is 0 Å². The van der Waals surface area contributed by atoms with Gasteiger partial charge in [-0.3, -0.25) is 0 Å². The van der Waals surface area contributed by atoms with Crippen molar-refractivity contribution < 1.29 is 0 Å². The third-order valence-electron chi connectivity index (χ3n) is 8.03. The topological polar surface area (TPSA) is 47.6 Å². The Morgan fingerprint density at radius 2 is 1.00 bits per heavy atom. The molecule has 0 bridgehead atoms. The molecule has 0 aliphatic heterocycles. The minimum Gasteiger partial charge on any atom is -0.192 e.